The maximum Gasteiger partial charge on any atom is 0.262 e. The predicted molar refractivity (Wildman–Crippen MR) is 182 cm³/mol. The quantitative estimate of drug-likeness (QED) is 0.127. The lowest BCUT2D eigenvalue weighted by Crippen LogP contribution is -2.30. The normalized spacial score (nSPS) is 11.3. The molecule has 48 heavy (non-hydrogen) atoms. The van der Waals surface area contributed by atoms with Crippen LogP contribution in [0.4, 0.5) is 11.6 Å². The first kappa shape index (κ1) is 32.7. The van der Waals surface area contributed by atoms with E-state index in [-0.39, 0.29) is 48.9 Å². The Balaban J connectivity index is 1.22. The summed E-state index contributed by atoms with van der Waals surface area (Å²) in [5, 5.41) is 14.6. The van der Waals surface area contributed by atoms with Crippen LogP contribution in [0.15, 0.2) is 89.6 Å². The number of fused-ring (bicyclic) bond motifs is 2. The van der Waals surface area contributed by atoms with Crippen molar-refractivity contribution in [1.29, 1.82) is 0 Å². The van der Waals surface area contributed by atoms with Crippen LogP contribution in [0.3, 0.4) is 0 Å². The molecule has 0 fully saturated rings. The minimum Gasteiger partial charge on any atom is -0.360 e. The lowest BCUT2D eigenvalue weighted by atomic mass is 10.2. The average molecular weight is 687 g/mol. The molecule has 2 amide bonds. The third kappa shape index (κ3) is 7.66. The van der Waals surface area contributed by atoms with E-state index in [0.717, 1.165) is 0 Å². The van der Waals surface area contributed by atoms with Gasteiger partial charge in [-0.05, 0) is 38.1 Å². The van der Waals surface area contributed by atoms with Crippen LogP contribution in [0, 0.1) is 13.8 Å². The van der Waals surface area contributed by atoms with Gasteiger partial charge < -0.3 is 19.7 Å². The molecular weight excluding hydrogens is 657 g/mol. The molecule has 14 nitrogen and oxygen atoms in total. The predicted octanol–water partition coefficient (Wildman–Crippen LogP) is 4.64. The van der Waals surface area contributed by atoms with Crippen LogP contribution in [0.1, 0.15) is 24.4 Å². The molecule has 0 aliphatic rings. The van der Waals surface area contributed by atoms with Crippen LogP contribution in [-0.2, 0) is 22.7 Å². The van der Waals surface area contributed by atoms with Gasteiger partial charge in [-0.3, -0.25) is 28.3 Å². The van der Waals surface area contributed by atoms with Gasteiger partial charge in [0.15, 0.2) is 21.9 Å². The first-order valence-electron chi connectivity index (χ1n) is 15.0. The van der Waals surface area contributed by atoms with E-state index in [1.165, 1.54) is 32.7 Å². The molecular formula is C32H30N8O6S2. The van der Waals surface area contributed by atoms with Crippen molar-refractivity contribution in [3.8, 4) is 0 Å². The minimum atomic E-state index is -0.263. The second-order valence-corrected chi connectivity index (χ2v) is 12.8. The Morgan fingerprint density at radius 2 is 1.10 bits per heavy atom. The fourth-order valence-corrected chi connectivity index (χ4v) is 6.77. The first-order chi connectivity index (χ1) is 23.2. The number of para-hydroxylation sites is 2. The van der Waals surface area contributed by atoms with E-state index in [4.69, 9.17) is 19.0 Å². The fraction of sp³-hybridized carbons (Fsp3) is 0.250. The summed E-state index contributed by atoms with van der Waals surface area (Å²) in [6.07, 6.45) is 0.274. The molecule has 0 aliphatic heterocycles. The molecule has 2 aromatic carbocycles. The molecule has 16 heteroatoms. The molecule has 0 spiro atoms. The van der Waals surface area contributed by atoms with Crippen molar-refractivity contribution in [2.45, 2.75) is 50.1 Å². The van der Waals surface area contributed by atoms with Gasteiger partial charge in [0, 0.05) is 49.6 Å². The Bertz CT molecular complexity index is 2080. The van der Waals surface area contributed by atoms with Crippen LogP contribution in [0.5, 0.6) is 0 Å². The van der Waals surface area contributed by atoms with Crippen molar-refractivity contribution < 1.29 is 18.6 Å². The summed E-state index contributed by atoms with van der Waals surface area (Å²) >= 11 is 2.54. The summed E-state index contributed by atoms with van der Waals surface area (Å²) in [5.41, 5.74) is 0.537. The summed E-state index contributed by atoms with van der Waals surface area (Å²) in [4.78, 5) is 62.0. The van der Waals surface area contributed by atoms with Crippen LogP contribution >= 0.6 is 23.5 Å². The van der Waals surface area contributed by atoms with Gasteiger partial charge in [0.1, 0.15) is 11.5 Å². The van der Waals surface area contributed by atoms with E-state index in [1.54, 1.807) is 74.5 Å². The summed E-state index contributed by atoms with van der Waals surface area (Å²) in [7, 11) is 0. The zero-order valence-electron chi connectivity index (χ0n) is 26.0. The summed E-state index contributed by atoms with van der Waals surface area (Å²) in [6.45, 7) is 3.69. The number of hydrogen-bond acceptors (Lipinski definition) is 12. The van der Waals surface area contributed by atoms with Crippen molar-refractivity contribution in [1.82, 2.24) is 29.4 Å². The van der Waals surface area contributed by atoms with E-state index in [2.05, 4.69) is 20.9 Å². The number of amides is 2. The van der Waals surface area contributed by atoms with Gasteiger partial charge in [-0.25, -0.2) is 9.97 Å². The molecule has 0 saturated heterocycles. The molecule has 0 aliphatic carbocycles. The highest BCUT2D eigenvalue weighted by molar-refractivity contribution is 7.99. The Kier molecular flexibility index (Phi) is 10.0. The highest BCUT2D eigenvalue weighted by atomic mass is 32.2. The molecule has 0 radical (unpaired) electrons. The van der Waals surface area contributed by atoms with E-state index < -0.39 is 0 Å². The lowest BCUT2D eigenvalue weighted by molar-refractivity contribution is -0.116. The number of nitrogens with one attached hydrogen (secondary N) is 2. The Hall–Kier alpha value is -5.22. The van der Waals surface area contributed by atoms with Gasteiger partial charge in [-0.2, -0.15) is 0 Å². The number of hydrogen-bond donors (Lipinski definition) is 2. The second kappa shape index (κ2) is 14.7. The molecule has 2 N–H and O–H groups in total. The van der Waals surface area contributed by atoms with Crippen LogP contribution < -0.4 is 21.8 Å². The van der Waals surface area contributed by atoms with Gasteiger partial charge in [0.2, 0.25) is 11.8 Å². The molecule has 246 valence electrons. The summed E-state index contributed by atoms with van der Waals surface area (Å²) < 4.78 is 13.0. The maximum atomic E-state index is 13.7. The molecule has 4 heterocycles. The van der Waals surface area contributed by atoms with Crippen molar-refractivity contribution in [3.05, 3.63) is 92.9 Å². The highest BCUT2D eigenvalue weighted by Gasteiger charge is 2.17. The maximum absolute atomic E-state index is 13.7. The number of rotatable bonds is 13. The number of carbonyl (C=O) groups is 2. The molecule has 0 unspecified atom stereocenters. The largest absolute Gasteiger partial charge is 0.360 e. The average Bonchev–Trinajstić information content (AvgIpc) is 3.68. The third-order valence-electron chi connectivity index (χ3n) is 7.11. The number of anilines is 2. The number of aromatic nitrogens is 6. The van der Waals surface area contributed by atoms with Crippen LogP contribution in [0.2, 0.25) is 0 Å². The second-order valence-electron chi connectivity index (χ2n) is 10.7. The minimum absolute atomic E-state index is 0.114. The van der Waals surface area contributed by atoms with Crippen molar-refractivity contribution in [2.75, 3.05) is 22.1 Å². The summed E-state index contributed by atoms with van der Waals surface area (Å²) in [5.74, 6) is 1.97. The van der Waals surface area contributed by atoms with Gasteiger partial charge in [-0.15, -0.1) is 0 Å². The molecule has 0 bridgehead atoms. The lowest BCUT2D eigenvalue weighted by Gasteiger charge is -2.16. The smallest absolute Gasteiger partial charge is 0.262 e. The fourth-order valence-electron chi connectivity index (χ4n) is 4.84. The van der Waals surface area contributed by atoms with E-state index in [0.29, 0.717) is 66.8 Å². The number of thioether (sulfide) groups is 2. The van der Waals surface area contributed by atoms with Gasteiger partial charge in [0.25, 0.3) is 11.1 Å². The van der Waals surface area contributed by atoms with E-state index >= 15 is 0 Å². The van der Waals surface area contributed by atoms with E-state index in [1.807, 2.05) is 0 Å². The van der Waals surface area contributed by atoms with E-state index in [9.17, 15) is 19.2 Å². The zero-order valence-corrected chi connectivity index (χ0v) is 27.6. The summed E-state index contributed by atoms with van der Waals surface area (Å²) in [6, 6.07) is 17.3. The van der Waals surface area contributed by atoms with Crippen LogP contribution in [-0.4, -0.2) is 52.7 Å². The molecule has 4 aromatic heterocycles. The monoisotopic (exact) mass is 686 g/mol. The number of carbonyl (C=O) groups excluding carboxylic acids is 2. The number of aryl methyl sites for hydroxylation is 2. The van der Waals surface area contributed by atoms with Gasteiger partial charge in [0.05, 0.1) is 21.8 Å². The number of benzene rings is 2. The topological polar surface area (TPSA) is 180 Å². The zero-order chi connectivity index (χ0) is 33.6. The molecule has 6 rings (SSSR count). The Labute approximate surface area is 281 Å². The highest BCUT2D eigenvalue weighted by Crippen LogP contribution is 2.22. The standard InChI is InChI=1S/C32H30N8O6S2/c1-19-17-25(37-45-19)35-27(41)11-15-47-31-33-23-9-5-3-7-21(23)29(43)39(31)13-14-40-30(44)22-8-4-6-10-24(22)34-32(40)48-16-12-28(42)36-26-18-20(2)46-38-26/h3-10,17-18H,11-16H2,1-2H3,(H,35,37,41)(H,36,38,42). The third-order valence-corrected chi connectivity index (χ3v) is 9.07. The SMILES string of the molecule is Cc1cc(NC(=O)CCSc2nc3ccccc3c(=O)n2CCn2c(SCCC(=O)Nc3cc(C)on3)nc3ccccc3c2=O)no1. The van der Waals surface area contributed by atoms with Gasteiger partial charge >= 0.3 is 0 Å². The van der Waals surface area contributed by atoms with Crippen molar-refractivity contribution >= 4 is 68.8 Å². The number of nitrogens with zero attached hydrogens (tertiary/aromatic N) is 6. The van der Waals surface area contributed by atoms with Crippen molar-refractivity contribution in [2.24, 2.45) is 0 Å². The first-order valence-corrected chi connectivity index (χ1v) is 16.9. The molecule has 0 atom stereocenters. The van der Waals surface area contributed by atoms with Crippen molar-refractivity contribution in [3.63, 3.8) is 0 Å². The van der Waals surface area contributed by atoms with Gasteiger partial charge in [-0.1, -0.05) is 58.1 Å². The molecule has 0 saturated carbocycles. The molecule has 6 aromatic rings. The Morgan fingerprint density at radius 3 is 1.50 bits per heavy atom. The Morgan fingerprint density at radius 1 is 0.688 bits per heavy atom. The van der Waals surface area contributed by atoms with Crippen LogP contribution in [0.25, 0.3) is 21.8 Å².